The van der Waals surface area contributed by atoms with Crippen LogP contribution in [-0.2, 0) is 9.53 Å². The van der Waals surface area contributed by atoms with Crippen LogP contribution in [0.1, 0.15) is 16.4 Å². The van der Waals surface area contributed by atoms with Gasteiger partial charge in [0.05, 0.1) is 16.2 Å². The number of carbonyl (C=O) groups is 1. The molecule has 0 spiro atoms. The van der Waals surface area contributed by atoms with Crippen LogP contribution in [0.4, 0.5) is 0 Å². The van der Waals surface area contributed by atoms with Gasteiger partial charge in [-0.1, -0.05) is 46.8 Å². The largest absolute Gasteiger partial charge is 0.464 e. The van der Waals surface area contributed by atoms with Crippen LogP contribution in [0.25, 0.3) is 0 Å². The highest BCUT2D eigenvalue weighted by Gasteiger charge is 2.49. The van der Waals surface area contributed by atoms with Crippen LogP contribution in [0.5, 0.6) is 0 Å². The van der Waals surface area contributed by atoms with E-state index in [-0.39, 0.29) is 27.9 Å². The molecule has 1 aromatic heterocycles. The van der Waals surface area contributed by atoms with Crippen molar-refractivity contribution in [3.8, 4) is 0 Å². The van der Waals surface area contributed by atoms with Crippen LogP contribution in [-0.4, -0.2) is 22.8 Å². The third-order valence-corrected chi connectivity index (χ3v) is 6.48. The Kier molecular flexibility index (Phi) is 3.13. The Bertz CT molecular complexity index is 767. The minimum absolute atomic E-state index is 0.0518. The van der Waals surface area contributed by atoms with Gasteiger partial charge in [-0.05, 0) is 17.7 Å². The number of rotatable bonds is 1. The monoisotopic (exact) mass is 339 g/mol. The third kappa shape index (κ3) is 2.13. The molecule has 0 bridgehead atoms. The van der Waals surface area contributed by atoms with Crippen molar-refractivity contribution in [2.75, 3.05) is 6.61 Å². The topological polar surface area (TPSA) is 59.2 Å². The van der Waals surface area contributed by atoms with Gasteiger partial charge in [-0.2, -0.15) is 0 Å². The minimum Gasteiger partial charge on any atom is -0.464 e. The van der Waals surface area contributed by atoms with Crippen LogP contribution in [0.3, 0.4) is 0 Å². The van der Waals surface area contributed by atoms with Crippen molar-refractivity contribution in [3.63, 3.8) is 0 Å². The predicted molar refractivity (Wildman–Crippen MR) is 82.3 cm³/mol. The number of aromatic nitrogens is 1. The van der Waals surface area contributed by atoms with Crippen molar-refractivity contribution in [1.29, 1.82) is 0 Å². The number of thiazole rings is 1. The number of nitrogens with one attached hydrogen (secondary N) is 1. The molecule has 7 heteroatoms. The molecule has 108 valence electrons. The number of benzene rings is 1. The fraction of sp³-hybridized carbons (Fsp3) is 0.286. The molecule has 4 nitrogen and oxygen atoms in total. The molecule has 0 amide bonds. The lowest BCUT2D eigenvalue weighted by molar-refractivity contribution is -0.141. The number of ether oxygens (including phenoxy) is 1. The lowest BCUT2D eigenvalue weighted by Gasteiger charge is -2.29. The zero-order valence-corrected chi connectivity index (χ0v) is 13.1. The standard InChI is InChI=1S/C14H10ClNO3S2/c15-7-3-1-6(2-4-7)9-10-8(5-19-13(10)17)20-12-11(9)21-14(18)16-12/h1-4,8-10H,5H2,(H,16,18)/t8-,9+,10+/m0/s1. The van der Waals surface area contributed by atoms with E-state index in [1.165, 1.54) is 23.1 Å². The van der Waals surface area contributed by atoms with E-state index in [2.05, 4.69) is 4.98 Å². The maximum Gasteiger partial charge on any atom is 0.311 e. The highest BCUT2D eigenvalue weighted by atomic mass is 35.5. The second-order valence-electron chi connectivity index (χ2n) is 5.05. The zero-order chi connectivity index (χ0) is 14.6. The highest BCUT2D eigenvalue weighted by Crippen LogP contribution is 2.51. The average Bonchev–Trinajstić information content (AvgIpc) is 3.00. The number of hydrogen-bond acceptors (Lipinski definition) is 5. The molecule has 1 aromatic carbocycles. The van der Waals surface area contributed by atoms with Gasteiger partial charge in [0.15, 0.2) is 0 Å². The second-order valence-corrected chi connectivity index (χ2v) is 7.75. The molecular formula is C14H10ClNO3S2. The number of aromatic amines is 1. The van der Waals surface area contributed by atoms with Gasteiger partial charge in [-0.15, -0.1) is 0 Å². The van der Waals surface area contributed by atoms with Crippen molar-refractivity contribution >= 4 is 40.7 Å². The van der Waals surface area contributed by atoms with E-state index >= 15 is 0 Å². The Morgan fingerprint density at radius 1 is 1.24 bits per heavy atom. The Balaban J connectivity index is 1.89. The van der Waals surface area contributed by atoms with E-state index in [1.54, 1.807) is 0 Å². The molecule has 0 radical (unpaired) electrons. The van der Waals surface area contributed by atoms with E-state index in [1.807, 2.05) is 24.3 Å². The number of esters is 1. The maximum atomic E-state index is 12.1. The molecule has 3 atom stereocenters. The molecule has 2 aliphatic rings. The van der Waals surface area contributed by atoms with Crippen LogP contribution in [0, 0.1) is 5.92 Å². The summed E-state index contributed by atoms with van der Waals surface area (Å²) >= 11 is 8.66. The SMILES string of the molecule is O=C1OC[C@@H]2Sc3[nH]c(=O)sc3[C@H](c3ccc(Cl)cc3)[C@H]12. The third-order valence-electron chi connectivity index (χ3n) is 3.84. The fourth-order valence-electron chi connectivity index (χ4n) is 2.94. The highest BCUT2D eigenvalue weighted by molar-refractivity contribution is 8.00. The summed E-state index contributed by atoms with van der Waals surface area (Å²) in [4.78, 5) is 27.5. The Morgan fingerprint density at radius 2 is 2.00 bits per heavy atom. The first-order valence-electron chi connectivity index (χ1n) is 6.45. The lowest BCUT2D eigenvalue weighted by atomic mass is 9.83. The lowest BCUT2D eigenvalue weighted by Crippen LogP contribution is -2.29. The molecule has 3 heterocycles. The van der Waals surface area contributed by atoms with Gasteiger partial charge in [0, 0.05) is 15.8 Å². The second kappa shape index (κ2) is 4.90. The van der Waals surface area contributed by atoms with Crippen molar-refractivity contribution in [2.45, 2.75) is 16.2 Å². The van der Waals surface area contributed by atoms with Crippen LogP contribution < -0.4 is 4.87 Å². The zero-order valence-electron chi connectivity index (χ0n) is 10.7. The number of thioether (sulfide) groups is 1. The van der Waals surface area contributed by atoms with E-state index in [0.717, 1.165) is 15.5 Å². The van der Waals surface area contributed by atoms with E-state index < -0.39 is 0 Å². The normalized spacial score (nSPS) is 27.1. The van der Waals surface area contributed by atoms with Crippen molar-refractivity contribution in [2.24, 2.45) is 5.92 Å². The van der Waals surface area contributed by atoms with E-state index in [0.29, 0.717) is 11.6 Å². The summed E-state index contributed by atoms with van der Waals surface area (Å²) in [6.07, 6.45) is 0. The fourth-order valence-corrected chi connectivity index (χ4v) is 5.55. The molecule has 2 aliphatic heterocycles. The van der Waals surface area contributed by atoms with Gasteiger partial charge >= 0.3 is 10.8 Å². The first-order valence-corrected chi connectivity index (χ1v) is 8.52. The van der Waals surface area contributed by atoms with Gasteiger partial charge < -0.3 is 9.72 Å². The van der Waals surface area contributed by atoms with Gasteiger partial charge in [0.1, 0.15) is 6.61 Å². The number of hydrogen-bond donors (Lipinski definition) is 1. The first kappa shape index (κ1) is 13.4. The number of fused-ring (bicyclic) bond motifs is 2. The molecule has 4 rings (SSSR count). The smallest absolute Gasteiger partial charge is 0.311 e. The molecule has 1 saturated heterocycles. The van der Waals surface area contributed by atoms with Crippen LogP contribution in [0.2, 0.25) is 5.02 Å². The molecule has 0 saturated carbocycles. The summed E-state index contributed by atoms with van der Waals surface area (Å²) in [6, 6.07) is 7.45. The summed E-state index contributed by atoms with van der Waals surface area (Å²) < 4.78 is 5.23. The summed E-state index contributed by atoms with van der Waals surface area (Å²) in [7, 11) is 0. The van der Waals surface area contributed by atoms with Crippen molar-refractivity contribution < 1.29 is 9.53 Å². The first-order chi connectivity index (χ1) is 10.1. The Labute approximate surface area is 133 Å². The van der Waals surface area contributed by atoms with Crippen LogP contribution >= 0.6 is 34.7 Å². The minimum atomic E-state index is -0.241. The number of halogens is 1. The Morgan fingerprint density at radius 3 is 2.76 bits per heavy atom. The summed E-state index contributed by atoms with van der Waals surface area (Å²) in [5, 5.41) is 1.57. The molecule has 1 N–H and O–H groups in total. The number of H-pyrrole nitrogens is 1. The average molecular weight is 340 g/mol. The summed E-state index contributed by atoms with van der Waals surface area (Å²) in [5.74, 6) is -0.559. The van der Waals surface area contributed by atoms with Gasteiger partial charge in [0.25, 0.3) is 0 Å². The quantitative estimate of drug-likeness (QED) is 0.812. The molecule has 2 aromatic rings. The van der Waals surface area contributed by atoms with Gasteiger partial charge in [-0.25, -0.2) is 0 Å². The van der Waals surface area contributed by atoms with Crippen molar-refractivity contribution in [1.82, 2.24) is 4.98 Å². The molecule has 0 aliphatic carbocycles. The van der Waals surface area contributed by atoms with E-state index in [4.69, 9.17) is 16.3 Å². The summed E-state index contributed by atoms with van der Waals surface area (Å²) in [6.45, 7) is 0.398. The molecule has 1 fully saturated rings. The van der Waals surface area contributed by atoms with E-state index in [9.17, 15) is 9.59 Å². The van der Waals surface area contributed by atoms with Gasteiger partial charge in [-0.3, -0.25) is 9.59 Å². The van der Waals surface area contributed by atoms with Gasteiger partial charge in [0.2, 0.25) is 0 Å². The maximum absolute atomic E-state index is 12.1. The van der Waals surface area contributed by atoms with Crippen molar-refractivity contribution in [3.05, 3.63) is 49.4 Å². The predicted octanol–water partition coefficient (Wildman–Crippen LogP) is 2.87. The number of cyclic esters (lactones) is 1. The molecular weight excluding hydrogens is 330 g/mol. The Hall–Kier alpha value is -1.24. The summed E-state index contributed by atoms with van der Waals surface area (Å²) in [5.41, 5.74) is 0.991. The van der Waals surface area contributed by atoms with Crippen LogP contribution in [0.15, 0.2) is 34.1 Å². The molecule has 0 unspecified atom stereocenters. The number of carbonyl (C=O) groups excluding carboxylic acids is 1. The molecule has 21 heavy (non-hydrogen) atoms.